The van der Waals surface area contributed by atoms with E-state index in [2.05, 4.69) is 29.6 Å². The molecule has 0 atom stereocenters. The Hall–Kier alpha value is -7.37. The number of ether oxygens (including phenoxy) is 8. The number of carbonyl (C=O) groups is 7. The van der Waals surface area contributed by atoms with Gasteiger partial charge in [0.1, 0.15) is 0 Å². The van der Waals surface area contributed by atoms with Crippen LogP contribution >= 0.6 is 0 Å². The van der Waals surface area contributed by atoms with Crippen LogP contribution in [-0.2, 0) is 28.5 Å². The third kappa shape index (κ3) is 12.0. The lowest BCUT2D eigenvalue weighted by molar-refractivity contribution is -0.112. The first-order valence-corrected chi connectivity index (χ1v) is 14.0. The molecule has 0 aliphatic carbocycles. The second kappa shape index (κ2) is 18.2. The lowest BCUT2D eigenvalue weighted by atomic mass is 10.1. The van der Waals surface area contributed by atoms with Crippen LogP contribution in [0.5, 0.6) is 23.0 Å². The van der Waals surface area contributed by atoms with Gasteiger partial charge in [-0.25, -0.2) is 24.0 Å². The standard InChI is InChI=1S/C33H28N2O16/c1-44-30(40)48-23-9-5-18(13-25(23)50-32(42)46-3)7-11-27(36)34-21-15-20(29(38)39)16-22(17-21)35-28(37)12-8-19-6-10-24(49-31(41)45-2)26(14-19)51-33(43)47-4/h5-17H,1-4H3,(H,34,36)(H,35,37)(H,38,39)/b11-7+,12-8+. The summed E-state index contributed by atoms with van der Waals surface area (Å²) in [6.07, 6.45) is 0.391. The van der Waals surface area contributed by atoms with Crippen LogP contribution in [0.1, 0.15) is 21.5 Å². The van der Waals surface area contributed by atoms with Crippen molar-refractivity contribution in [1.29, 1.82) is 0 Å². The number of benzene rings is 3. The van der Waals surface area contributed by atoms with Crippen molar-refractivity contribution in [3.8, 4) is 23.0 Å². The van der Waals surface area contributed by atoms with Gasteiger partial charge in [-0.05, 0) is 65.7 Å². The van der Waals surface area contributed by atoms with Gasteiger partial charge in [-0.1, -0.05) is 12.1 Å². The lowest BCUT2D eigenvalue weighted by Gasteiger charge is -2.10. The molecule has 0 spiro atoms. The molecule has 0 aliphatic heterocycles. The molecule has 18 nitrogen and oxygen atoms in total. The van der Waals surface area contributed by atoms with Gasteiger partial charge < -0.3 is 53.6 Å². The highest BCUT2D eigenvalue weighted by Gasteiger charge is 2.17. The Balaban J connectivity index is 1.77. The molecule has 3 aromatic rings. The van der Waals surface area contributed by atoms with Gasteiger partial charge in [-0.15, -0.1) is 0 Å². The maximum atomic E-state index is 12.7. The van der Waals surface area contributed by atoms with Crippen molar-refractivity contribution in [2.45, 2.75) is 0 Å². The number of anilines is 2. The molecule has 3 aromatic carbocycles. The molecule has 3 rings (SSSR count). The molecule has 2 amide bonds. The molecule has 0 fully saturated rings. The van der Waals surface area contributed by atoms with E-state index in [1.165, 1.54) is 54.6 Å². The SMILES string of the molecule is COC(=O)Oc1ccc(/C=C/C(=O)Nc2cc(NC(=O)/C=C/c3ccc(OC(=O)OC)c(OC(=O)OC)c3)cc(C(=O)O)c2)cc1OC(=O)OC. The highest BCUT2D eigenvalue weighted by molar-refractivity contribution is 6.05. The Bertz CT molecular complexity index is 1770. The third-order valence-electron chi connectivity index (χ3n) is 5.94. The van der Waals surface area contributed by atoms with Gasteiger partial charge in [0.15, 0.2) is 23.0 Å². The van der Waals surface area contributed by atoms with Gasteiger partial charge >= 0.3 is 30.6 Å². The number of hydrogen-bond donors (Lipinski definition) is 3. The molecule has 266 valence electrons. The predicted octanol–water partition coefficient (Wildman–Crippen LogP) is 5.27. The van der Waals surface area contributed by atoms with E-state index in [4.69, 9.17) is 18.9 Å². The number of methoxy groups -OCH3 is 4. The second-order valence-corrected chi connectivity index (χ2v) is 9.39. The van der Waals surface area contributed by atoms with Crippen LogP contribution in [0.4, 0.5) is 30.6 Å². The minimum atomic E-state index is -1.35. The Morgan fingerprint density at radius 3 is 1.20 bits per heavy atom. The summed E-state index contributed by atoms with van der Waals surface area (Å²) in [6.45, 7) is 0. The molecule has 0 aromatic heterocycles. The fourth-order valence-electron chi connectivity index (χ4n) is 3.72. The zero-order valence-electron chi connectivity index (χ0n) is 27.1. The van der Waals surface area contributed by atoms with Crippen LogP contribution in [0.15, 0.2) is 66.7 Å². The normalized spacial score (nSPS) is 10.4. The maximum Gasteiger partial charge on any atom is 0.513 e. The number of amides is 2. The Labute approximate surface area is 288 Å². The summed E-state index contributed by atoms with van der Waals surface area (Å²) >= 11 is 0. The first-order valence-electron chi connectivity index (χ1n) is 14.0. The first-order chi connectivity index (χ1) is 24.3. The topological polar surface area (TPSA) is 238 Å². The summed E-state index contributed by atoms with van der Waals surface area (Å²) in [4.78, 5) is 83.5. The molecule has 0 aliphatic rings. The smallest absolute Gasteiger partial charge is 0.478 e. The largest absolute Gasteiger partial charge is 0.513 e. The van der Waals surface area contributed by atoms with E-state index in [-0.39, 0.29) is 39.9 Å². The minimum Gasteiger partial charge on any atom is -0.478 e. The van der Waals surface area contributed by atoms with E-state index in [1.807, 2.05) is 0 Å². The zero-order valence-corrected chi connectivity index (χ0v) is 27.1. The second-order valence-electron chi connectivity index (χ2n) is 9.39. The molecule has 0 unspecified atom stereocenters. The maximum absolute atomic E-state index is 12.7. The molecular weight excluding hydrogens is 680 g/mol. The van der Waals surface area contributed by atoms with Crippen LogP contribution < -0.4 is 29.6 Å². The molecule has 0 radical (unpaired) electrons. The zero-order chi connectivity index (χ0) is 37.5. The quantitative estimate of drug-likeness (QED) is 0.0995. The van der Waals surface area contributed by atoms with E-state index in [0.717, 1.165) is 52.7 Å². The van der Waals surface area contributed by atoms with Gasteiger partial charge in [0.25, 0.3) is 0 Å². The van der Waals surface area contributed by atoms with E-state index < -0.39 is 42.4 Å². The van der Waals surface area contributed by atoms with Crippen molar-refractivity contribution < 1.29 is 76.6 Å². The van der Waals surface area contributed by atoms with Crippen molar-refractivity contribution >= 4 is 65.9 Å². The van der Waals surface area contributed by atoms with Gasteiger partial charge in [-0.2, -0.15) is 0 Å². The molecule has 51 heavy (non-hydrogen) atoms. The summed E-state index contributed by atoms with van der Waals surface area (Å²) in [5.74, 6) is -3.59. The summed E-state index contributed by atoms with van der Waals surface area (Å²) < 4.78 is 37.6. The molecule has 0 saturated heterocycles. The Morgan fingerprint density at radius 1 is 0.510 bits per heavy atom. The number of carboxylic acid groups (broad SMARTS) is 1. The average molecular weight is 709 g/mol. The molecule has 0 saturated carbocycles. The van der Waals surface area contributed by atoms with Crippen LogP contribution in [0.2, 0.25) is 0 Å². The third-order valence-corrected chi connectivity index (χ3v) is 5.94. The van der Waals surface area contributed by atoms with E-state index in [9.17, 15) is 38.7 Å². The highest BCUT2D eigenvalue weighted by Crippen LogP contribution is 2.31. The van der Waals surface area contributed by atoms with Crippen LogP contribution in [0.25, 0.3) is 12.2 Å². The Kier molecular flexibility index (Phi) is 13.6. The first kappa shape index (κ1) is 38.1. The number of nitrogens with one attached hydrogen (secondary N) is 2. The van der Waals surface area contributed by atoms with Crippen molar-refractivity contribution in [3.05, 3.63) is 83.4 Å². The number of aromatic carboxylic acids is 1. The average Bonchev–Trinajstić information content (AvgIpc) is 3.11. The van der Waals surface area contributed by atoms with Gasteiger partial charge in [0, 0.05) is 23.5 Å². The van der Waals surface area contributed by atoms with Crippen LogP contribution in [0, 0.1) is 0 Å². The number of carbonyl (C=O) groups excluding carboxylic acids is 6. The van der Waals surface area contributed by atoms with E-state index in [0.29, 0.717) is 11.1 Å². The van der Waals surface area contributed by atoms with Gasteiger partial charge in [0.05, 0.1) is 34.0 Å². The monoisotopic (exact) mass is 708 g/mol. The van der Waals surface area contributed by atoms with E-state index in [1.54, 1.807) is 0 Å². The summed E-state index contributed by atoms with van der Waals surface area (Å²) in [7, 11) is 4.29. The van der Waals surface area contributed by atoms with Crippen molar-refractivity contribution in [1.82, 2.24) is 0 Å². The Morgan fingerprint density at radius 2 is 0.863 bits per heavy atom. The summed E-state index contributed by atoms with van der Waals surface area (Å²) in [5.41, 5.74) is 0.370. The number of hydrogen-bond acceptors (Lipinski definition) is 15. The van der Waals surface area contributed by atoms with Gasteiger partial charge in [-0.3, -0.25) is 9.59 Å². The minimum absolute atomic E-state index is 0.00571. The predicted molar refractivity (Wildman–Crippen MR) is 174 cm³/mol. The molecule has 3 N–H and O–H groups in total. The molecule has 0 heterocycles. The summed E-state index contributed by atoms with van der Waals surface area (Å²) in [6, 6.07) is 11.5. The molecule has 0 bridgehead atoms. The summed E-state index contributed by atoms with van der Waals surface area (Å²) in [5, 5.41) is 14.5. The van der Waals surface area contributed by atoms with E-state index >= 15 is 0 Å². The van der Waals surface area contributed by atoms with Crippen molar-refractivity contribution in [2.75, 3.05) is 39.1 Å². The fraction of sp³-hybridized carbons (Fsp3) is 0.121. The van der Waals surface area contributed by atoms with Crippen LogP contribution in [-0.4, -0.2) is 76.0 Å². The van der Waals surface area contributed by atoms with Crippen LogP contribution in [0.3, 0.4) is 0 Å². The van der Waals surface area contributed by atoms with Gasteiger partial charge in [0.2, 0.25) is 11.8 Å². The van der Waals surface area contributed by atoms with Crippen molar-refractivity contribution in [3.63, 3.8) is 0 Å². The fourth-order valence-corrected chi connectivity index (χ4v) is 3.72. The number of carboxylic acids is 1. The lowest BCUT2D eigenvalue weighted by Crippen LogP contribution is -2.12. The molecule has 18 heteroatoms. The number of rotatable bonds is 11. The highest BCUT2D eigenvalue weighted by atomic mass is 16.8. The van der Waals surface area contributed by atoms with Crippen molar-refractivity contribution in [2.24, 2.45) is 0 Å². The molecular formula is C33H28N2O16.